The summed E-state index contributed by atoms with van der Waals surface area (Å²) in [6.45, 7) is 2.51. The molecule has 7 nitrogen and oxygen atoms in total. The van der Waals surface area contributed by atoms with Crippen LogP contribution in [0.25, 0.3) is 11.0 Å². The van der Waals surface area contributed by atoms with E-state index in [0.29, 0.717) is 36.1 Å². The Balaban J connectivity index is 1.54. The second-order valence-corrected chi connectivity index (χ2v) is 10.5. The topological polar surface area (TPSA) is 96.3 Å². The van der Waals surface area contributed by atoms with Crippen LogP contribution in [0.15, 0.2) is 41.6 Å². The van der Waals surface area contributed by atoms with Crippen LogP contribution >= 0.6 is 11.7 Å². The third-order valence-electron chi connectivity index (χ3n) is 6.49. The van der Waals surface area contributed by atoms with Gasteiger partial charge in [0.25, 0.3) is 0 Å². The zero-order valence-electron chi connectivity index (χ0n) is 16.0. The van der Waals surface area contributed by atoms with Crippen LogP contribution in [0.4, 0.5) is 0 Å². The number of aliphatic hydroxyl groups is 1. The van der Waals surface area contributed by atoms with Crippen molar-refractivity contribution in [3.63, 3.8) is 0 Å². The van der Waals surface area contributed by atoms with Gasteiger partial charge in [-0.25, -0.2) is 8.42 Å². The molecule has 1 saturated heterocycles. The lowest BCUT2D eigenvalue weighted by atomic mass is 9.68. The molecule has 3 aromatic rings. The molecule has 1 N–H and O–H groups in total. The molecule has 1 saturated carbocycles. The fourth-order valence-corrected chi connectivity index (χ4v) is 7.51. The zero-order valence-corrected chi connectivity index (χ0v) is 17.7. The monoisotopic (exact) mass is 430 g/mol. The van der Waals surface area contributed by atoms with Gasteiger partial charge in [-0.1, -0.05) is 12.1 Å². The first-order valence-corrected chi connectivity index (χ1v) is 11.9. The maximum Gasteiger partial charge on any atom is 0.245 e. The van der Waals surface area contributed by atoms with Crippen molar-refractivity contribution in [3.05, 3.63) is 47.8 Å². The van der Waals surface area contributed by atoms with Crippen molar-refractivity contribution in [1.82, 2.24) is 18.0 Å². The van der Waals surface area contributed by atoms with Gasteiger partial charge in [-0.3, -0.25) is 4.98 Å². The Morgan fingerprint density at radius 2 is 2.10 bits per heavy atom. The first kappa shape index (κ1) is 19.0. The van der Waals surface area contributed by atoms with E-state index in [4.69, 9.17) is 0 Å². The molecule has 1 aromatic carbocycles. The van der Waals surface area contributed by atoms with Gasteiger partial charge < -0.3 is 5.11 Å². The van der Waals surface area contributed by atoms with Gasteiger partial charge >= 0.3 is 0 Å². The zero-order chi connectivity index (χ0) is 20.2. The highest BCUT2D eigenvalue weighted by Crippen LogP contribution is 2.49. The summed E-state index contributed by atoms with van der Waals surface area (Å²) >= 11 is 1.02. The Bertz CT molecular complexity index is 1160. The van der Waals surface area contributed by atoms with Crippen molar-refractivity contribution >= 4 is 32.8 Å². The molecule has 0 bridgehead atoms. The molecule has 3 heterocycles. The Morgan fingerprint density at radius 1 is 1.24 bits per heavy atom. The summed E-state index contributed by atoms with van der Waals surface area (Å²) in [7, 11) is -3.75. The summed E-state index contributed by atoms with van der Waals surface area (Å²) in [6, 6.07) is 7.29. The standard InChI is InChI=1S/C20H22N4O3S2/c1-13-6-7-17-18(23-28-22-17)19(13)29(26,27)24-11-14-4-2-8-20(25,16(14)12-24)15-5-3-9-21-10-15/h3,5-7,9-10,14,16,25H,2,4,8,11-12H2,1H3/t14-,16-,20-/m0/s1. The predicted molar refractivity (Wildman–Crippen MR) is 110 cm³/mol. The summed E-state index contributed by atoms with van der Waals surface area (Å²) in [4.78, 5) is 4.41. The Morgan fingerprint density at radius 3 is 2.90 bits per heavy atom. The van der Waals surface area contributed by atoms with E-state index in [0.717, 1.165) is 30.1 Å². The van der Waals surface area contributed by atoms with Crippen LogP contribution in [0.2, 0.25) is 0 Å². The van der Waals surface area contributed by atoms with E-state index >= 15 is 0 Å². The normalized spacial score (nSPS) is 27.9. The van der Waals surface area contributed by atoms with Crippen LogP contribution in [0.1, 0.15) is 30.4 Å². The van der Waals surface area contributed by atoms with Crippen LogP contribution in [0.3, 0.4) is 0 Å². The molecular weight excluding hydrogens is 408 g/mol. The molecule has 5 rings (SSSR count). The lowest BCUT2D eigenvalue weighted by molar-refractivity contribution is -0.0643. The average Bonchev–Trinajstić information content (AvgIpc) is 3.36. The lowest BCUT2D eigenvalue weighted by Crippen LogP contribution is -2.43. The van der Waals surface area contributed by atoms with Crippen molar-refractivity contribution in [2.24, 2.45) is 11.8 Å². The van der Waals surface area contributed by atoms with E-state index in [2.05, 4.69) is 13.7 Å². The number of aromatic nitrogens is 3. The molecule has 0 spiro atoms. The number of rotatable bonds is 3. The van der Waals surface area contributed by atoms with Gasteiger partial charge in [0.05, 0.1) is 17.3 Å². The molecule has 1 aliphatic carbocycles. The average molecular weight is 431 g/mol. The molecule has 0 radical (unpaired) electrons. The minimum absolute atomic E-state index is 0.122. The Hall–Kier alpha value is -1.94. The van der Waals surface area contributed by atoms with Crippen LogP contribution in [0, 0.1) is 18.8 Å². The SMILES string of the molecule is Cc1ccc2nsnc2c1S(=O)(=O)N1C[C@@H]2CCC[C@](O)(c3cccnc3)[C@H]2C1. The lowest BCUT2D eigenvalue weighted by Gasteiger charge is -2.41. The smallest absolute Gasteiger partial charge is 0.245 e. The van der Waals surface area contributed by atoms with Crippen LogP contribution in [-0.4, -0.2) is 44.7 Å². The fourth-order valence-electron chi connectivity index (χ4n) is 5.04. The second kappa shape index (κ2) is 6.80. The molecule has 2 aromatic heterocycles. The molecular formula is C20H22N4O3S2. The number of hydrogen-bond acceptors (Lipinski definition) is 7. The summed E-state index contributed by atoms with van der Waals surface area (Å²) in [5.74, 6) is -0.0277. The molecule has 29 heavy (non-hydrogen) atoms. The molecule has 3 atom stereocenters. The minimum Gasteiger partial charge on any atom is -0.385 e. The minimum atomic E-state index is -3.75. The van der Waals surface area contributed by atoms with Crippen molar-refractivity contribution in [2.45, 2.75) is 36.7 Å². The van der Waals surface area contributed by atoms with Gasteiger partial charge in [0, 0.05) is 37.0 Å². The summed E-state index contributed by atoms with van der Waals surface area (Å²) in [5, 5.41) is 11.6. The van der Waals surface area contributed by atoms with E-state index in [-0.39, 0.29) is 16.7 Å². The van der Waals surface area contributed by atoms with Gasteiger partial charge in [-0.15, -0.1) is 0 Å². The number of hydrogen-bond donors (Lipinski definition) is 1. The van der Waals surface area contributed by atoms with E-state index in [9.17, 15) is 13.5 Å². The van der Waals surface area contributed by atoms with E-state index in [1.54, 1.807) is 31.5 Å². The maximum absolute atomic E-state index is 13.6. The quantitative estimate of drug-likeness (QED) is 0.686. The van der Waals surface area contributed by atoms with Crippen LogP contribution < -0.4 is 0 Å². The van der Waals surface area contributed by atoms with Crippen molar-refractivity contribution in [1.29, 1.82) is 0 Å². The first-order chi connectivity index (χ1) is 13.9. The molecule has 0 amide bonds. The fraction of sp³-hybridized carbons (Fsp3) is 0.450. The predicted octanol–water partition coefficient (Wildman–Crippen LogP) is 2.70. The number of nitrogens with zero attached hydrogens (tertiary/aromatic N) is 4. The molecule has 1 aliphatic heterocycles. The van der Waals surface area contributed by atoms with E-state index in [1.807, 2.05) is 12.1 Å². The van der Waals surface area contributed by atoms with Gasteiger partial charge in [0.15, 0.2) is 0 Å². The highest BCUT2D eigenvalue weighted by Gasteiger charge is 2.52. The third kappa shape index (κ3) is 2.91. The number of aryl methyl sites for hydroxylation is 1. The highest BCUT2D eigenvalue weighted by molar-refractivity contribution is 7.89. The highest BCUT2D eigenvalue weighted by atomic mass is 32.2. The number of fused-ring (bicyclic) bond motifs is 2. The van der Waals surface area contributed by atoms with Gasteiger partial charge in [-0.05, 0) is 49.8 Å². The summed E-state index contributed by atoms with van der Waals surface area (Å²) in [6.07, 6.45) is 5.79. The molecule has 152 valence electrons. The molecule has 0 unspecified atom stereocenters. The Labute approximate surface area is 173 Å². The second-order valence-electron chi connectivity index (χ2n) is 8.09. The van der Waals surface area contributed by atoms with Gasteiger partial charge in [-0.2, -0.15) is 13.1 Å². The largest absolute Gasteiger partial charge is 0.385 e. The first-order valence-electron chi connectivity index (χ1n) is 9.76. The molecule has 2 fully saturated rings. The number of pyridine rings is 1. The van der Waals surface area contributed by atoms with Crippen molar-refractivity contribution in [3.8, 4) is 0 Å². The van der Waals surface area contributed by atoms with Crippen molar-refractivity contribution in [2.75, 3.05) is 13.1 Å². The summed E-state index contributed by atoms with van der Waals surface area (Å²) < 4.78 is 37.2. The van der Waals surface area contributed by atoms with Crippen LogP contribution in [-0.2, 0) is 15.6 Å². The van der Waals surface area contributed by atoms with Crippen molar-refractivity contribution < 1.29 is 13.5 Å². The number of sulfonamides is 1. The maximum atomic E-state index is 13.6. The molecule has 9 heteroatoms. The van der Waals surface area contributed by atoms with Crippen LogP contribution in [0.5, 0.6) is 0 Å². The summed E-state index contributed by atoms with van der Waals surface area (Å²) in [5.41, 5.74) is 1.43. The van der Waals surface area contributed by atoms with E-state index in [1.165, 1.54) is 4.31 Å². The Kier molecular flexibility index (Phi) is 4.47. The third-order valence-corrected chi connectivity index (χ3v) is 9.04. The number of benzene rings is 1. The molecule has 2 aliphatic rings. The van der Waals surface area contributed by atoms with Gasteiger partial charge in [0.1, 0.15) is 15.9 Å². The van der Waals surface area contributed by atoms with Gasteiger partial charge in [0.2, 0.25) is 10.0 Å². The van der Waals surface area contributed by atoms with E-state index < -0.39 is 15.6 Å².